The van der Waals surface area contributed by atoms with Crippen molar-refractivity contribution in [1.29, 1.82) is 0 Å². The van der Waals surface area contributed by atoms with Crippen LogP contribution >= 0.6 is 11.8 Å². The van der Waals surface area contributed by atoms with Crippen LogP contribution in [0.1, 0.15) is 17.2 Å². The van der Waals surface area contributed by atoms with Crippen LogP contribution in [0.2, 0.25) is 0 Å². The fourth-order valence-electron chi connectivity index (χ4n) is 2.83. The largest absolute Gasteiger partial charge is 0.248 e. The Hall–Kier alpha value is -1.51. The molecule has 1 saturated heterocycles. The summed E-state index contributed by atoms with van der Waals surface area (Å²) in [5.74, 6) is -2.14. The van der Waals surface area contributed by atoms with Crippen LogP contribution in [0.15, 0.2) is 47.4 Å². The minimum atomic E-state index is -4.29. The first-order valence-corrected chi connectivity index (χ1v) is 10.2. The van der Waals surface area contributed by atoms with Crippen LogP contribution in [0, 0.1) is 17.5 Å². The van der Waals surface area contributed by atoms with Crippen molar-refractivity contribution >= 4 is 21.8 Å². The van der Waals surface area contributed by atoms with Crippen LogP contribution < -0.4 is 0 Å². The molecule has 0 saturated carbocycles. The third-order valence-corrected chi connectivity index (χ3v) is 7.33. The molecule has 1 heterocycles. The first-order valence-electron chi connectivity index (χ1n) is 7.71. The van der Waals surface area contributed by atoms with Crippen molar-refractivity contribution in [3.63, 3.8) is 0 Å². The number of benzene rings is 2. The first-order chi connectivity index (χ1) is 11.9. The van der Waals surface area contributed by atoms with Gasteiger partial charge in [0.2, 0.25) is 10.0 Å². The first kappa shape index (κ1) is 18.3. The van der Waals surface area contributed by atoms with Crippen molar-refractivity contribution < 1.29 is 21.6 Å². The van der Waals surface area contributed by atoms with Crippen LogP contribution in [0.3, 0.4) is 0 Å². The molecule has 1 aliphatic heterocycles. The maximum atomic E-state index is 14.0. The summed E-state index contributed by atoms with van der Waals surface area (Å²) in [7, 11) is -4.29. The second-order valence-corrected chi connectivity index (χ2v) is 8.81. The maximum Gasteiger partial charge on any atom is 0.248 e. The zero-order valence-corrected chi connectivity index (χ0v) is 14.8. The molecular weight excluding hydrogens is 371 g/mol. The minimum Gasteiger partial charge on any atom is -0.207 e. The number of hydrogen-bond acceptors (Lipinski definition) is 3. The number of thioether (sulfide) groups is 1. The number of hydrogen-bond donors (Lipinski definition) is 0. The molecule has 134 valence electrons. The fourth-order valence-corrected chi connectivity index (χ4v) is 5.77. The third-order valence-electron chi connectivity index (χ3n) is 4.07. The van der Waals surface area contributed by atoms with E-state index in [1.54, 1.807) is 18.2 Å². The Morgan fingerprint density at radius 1 is 0.920 bits per heavy atom. The molecule has 0 radical (unpaired) electrons. The molecule has 1 fully saturated rings. The van der Waals surface area contributed by atoms with Crippen molar-refractivity contribution in [3.05, 3.63) is 65.5 Å². The molecular formula is C17H16F3NO2S2. The molecule has 0 spiro atoms. The van der Waals surface area contributed by atoms with Gasteiger partial charge in [0.15, 0.2) is 4.90 Å². The van der Waals surface area contributed by atoms with Crippen LogP contribution in [0.4, 0.5) is 13.2 Å². The molecule has 0 amide bonds. The van der Waals surface area contributed by atoms with Gasteiger partial charge in [-0.3, -0.25) is 0 Å². The molecule has 3 rings (SSSR count). The Morgan fingerprint density at radius 3 is 2.24 bits per heavy atom. The van der Waals surface area contributed by atoms with Crippen LogP contribution in [0.25, 0.3) is 0 Å². The molecule has 0 bridgehead atoms. The third kappa shape index (κ3) is 3.70. The van der Waals surface area contributed by atoms with Gasteiger partial charge in [-0.1, -0.05) is 24.3 Å². The molecule has 0 aromatic heterocycles. The topological polar surface area (TPSA) is 37.4 Å². The molecule has 0 N–H and O–H groups in total. The molecule has 2 aromatic rings. The van der Waals surface area contributed by atoms with E-state index in [2.05, 4.69) is 0 Å². The molecule has 1 aliphatic rings. The molecule has 2 aromatic carbocycles. The highest BCUT2D eigenvalue weighted by Crippen LogP contribution is 2.37. The van der Waals surface area contributed by atoms with Crippen LogP contribution in [-0.4, -0.2) is 31.6 Å². The van der Waals surface area contributed by atoms with E-state index >= 15 is 0 Å². The van der Waals surface area contributed by atoms with Crippen molar-refractivity contribution in [3.8, 4) is 0 Å². The highest BCUT2D eigenvalue weighted by atomic mass is 32.2. The lowest BCUT2D eigenvalue weighted by Crippen LogP contribution is -2.34. The molecule has 0 aliphatic carbocycles. The zero-order valence-electron chi connectivity index (χ0n) is 13.2. The highest BCUT2D eigenvalue weighted by Gasteiger charge is 2.33. The summed E-state index contributed by atoms with van der Waals surface area (Å²) in [6, 6.07) is 9.33. The lowest BCUT2D eigenvalue weighted by molar-refractivity contribution is 0.416. The number of nitrogens with zero attached hydrogens (tertiary/aromatic N) is 1. The van der Waals surface area contributed by atoms with E-state index in [0.717, 1.165) is 22.5 Å². The van der Waals surface area contributed by atoms with Gasteiger partial charge in [0.1, 0.15) is 17.5 Å². The minimum absolute atomic E-state index is 0.0715. The van der Waals surface area contributed by atoms with E-state index in [9.17, 15) is 21.6 Å². The van der Waals surface area contributed by atoms with Crippen molar-refractivity contribution in [2.45, 2.75) is 16.6 Å². The van der Waals surface area contributed by atoms with Gasteiger partial charge in [-0.15, -0.1) is 0 Å². The van der Waals surface area contributed by atoms with Crippen molar-refractivity contribution in [2.75, 3.05) is 18.8 Å². The molecule has 3 nitrogen and oxygen atoms in total. The quantitative estimate of drug-likeness (QED) is 0.800. The zero-order chi connectivity index (χ0) is 18.0. The number of halogens is 3. The summed E-state index contributed by atoms with van der Waals surface area (Å²) in [5, 5.41) is -0.202. The summed E-state index contributed by atoms with van der Waals surface area (Å²) in [6.07, 6.45) is 0.362. The van der Waals surface area contributed by atoms with E-state index in [-0.39, 0.29) is 24.2 Å². The smallest absolute Gasteiger partial charge is 0.207 e. The van der Waals surface area contributed by atoms with Crippen molar-refractivity contribution in [1.82, 2.24) is 4.31 Å². The van der Waals surface area contributed by atoms with Gasteiger partial charge >= 0.3 is 0 Å². The fraction of sp³-hybridized carbons (Fsp3) is 0.294. The summed E-state index contributed by atoms with van der Waals surface area (Å²) < 4.78 is 68.1. The Kier molecular flexibility index (Phi) is 5.41. The summed E-state index contributed by atoms with van der Waals surface area (Å²) in [5.41, 5.74) is 0.517. The van der Waals surface area contributed by atoms with E-state index in [4.69, 9.17) is 0 Å². The van der Waals surface area contributed by atoms with Gasteiger partial charge in [-0.05, 0) is 24.6 Å². The average molecular weight is 387 g/mol. The normalized spacial score (nSPS) is 19.6. The Morgan fingerprint density at radius 2 is 1.56 bits per heavy atom. The summed E-state index contributed by atoms with van der Waals surface area (Å²) in [4.78, 5) is -0.927. The predicted molar refractivity (Wildman–Crippen MR) is 91.3 cm³/mol. The molecule has 1 unspecified atom stereocenters. The van der Waals surface area contributed by atoms with Crippen LogP contribution in [-0.2, 0) is 10.0 Å². The van der Waals surface area contributed by atoms with Gasteiger partial charge in [-0.2, -0.15) is 16.1 Å². The van der Waals surface area contributed by atoms with Gasteiger partial charge in [0.25, 0.3) is 0 Å². The lowest BCUT2D eigenvalue weighted by Gasteiger charge is -2.20. The average Bonchev–Trinajstić information content (AvgIpc) is 2.81. The SMILES string of the molecule is O=S(=O)(c1c(F)cccc1F)N1CCSC(c2ccccc2F)CC1. The molecule has 1 atom stereocenters. The summed E-state index contributed by atoms with van der Waals surface area (Å²) in [6.45, 7) is 0.188. The Labute approximate surface area is 148 Å². The second kappa shape index (κ2) is 7.39. The van der Waals surface area contributed by atoms with Gasteiger partial charge in [0.05, 0.1) is 0 Å². The maximum absolute atomic E-state index is 14.0. The second-order valence-electron chi connectivity index (χ2n) is 5.62. The van der Waals surface area contributed by atoms with Gasteiger partial charge in [0, 0.05) is 29.7 Å². The van der Waals surface area contributed by atoms with E-state index in [0.29, 0.717) is 17.7 Å². The lowest BCUT2D eigenvalue weighted by atomic mass is 10.1. The molecule has 8 heteroatoms. The molecule has 25 heavy (non-hydrogen) atoms. The van der Waals surface area contributed by atoms with Gasteiger partial charge < -0.3 is 0 Å². The predicted octanol–water partition coefficient (Wildman–Crippen LogP) is 3.97. The van der Waals surface area contributed by atoms with Crippen LogP contribution in [0.5, 0.6) is 0 Å². The van der Waals surface area contributed by atoms with Gasteiger partial charge in [-0.25, -0.2) is 21.6 Å². The van der Waals surface area contributed by atoms with Crippen molar-refractivity contribution in [2.24, 2.45) is 0 Å². The number of sulfonamides is 1. The standard InChI is InChI=1S/C17H16F3NO2S2/c18-13-5-2-1-4-12(13)16-8-9-21(10-11-24-16)25(22,23)17-14(19)6-3-7-15(17)20/h1-7,16H,8-11H2. The highest BCUT2D eigenvalue weighted by molar-refractivity contribution is 7.99. The number of rotatable bonds is 3. The summed E-state index contributed by atoms with van der Waals surface area (Å²) >= 11 is 1.44. The Balaban J connectivity index is 1.85. The van der Waals surface area contributed by atoms with E-state index in [1.807, 2.05) is 0 Å². The van der Waals surface area contributed by atoms with E-state index < -0.39 is 26.6 Å². The monoisotopic (exact) mass is 387 g/mol. The van der Waals surface area contributed by atoms with E-state index in [1.165, 1.54) is 17.8 Å². The Bertz CT molecular complexity index is 854.